The SMILES string of the molecule is N#CC(C#N)=c1s/c(=C\c2ccc(F)c(F)c2)c(=O)n1-c1cccc(Cl)c1. The van der Waals surface area contributed by atoms with Crippen LogP contribution in [0.1, 0.15) is 5.56 Å². The molecule has 0 saturated carbocycles. The highest BCUT2D eigenvalue weighted by atomic mass is 35.5. The molecule has 0 unspecified atom stereocenters. The Hall–Kier alpha value is -3.26. The minimum atomic E-state index is -1.04. The van der Waals surface area contributed by atoms with Gasteiger partial charge in [0.1, 0.15) is 16.8 Å². The fraction of sp³-hybridized carbons (Fsp3) is 0. The van der Waals surface area contributed by atoms with Crippen molar-refractivity contribution in [3.8, 4) is 17.8 Å². The molecular weight excluding hydrogens is 392 g/mol. The van der Waals surface area contributed by atoms with Crippen LogP contribution in [0.2, 0.25) is 5.02 Å². The number of nitrogens with zero attached hydrogens (tertiary/aromatic N) is 3. The Morgan fingerprint density at radius 2 is 1.85 bits per heavy atom. The van der Waals surface area contributed by atoms with E-state index in [2.05, 4.69) is 0 Å². The van der Waals surface area contributed by atoms with E-state index in [1.807, 2.05) is 0 Å². The predicted octanol–water partition coefficient (Wildman–Crippen LogP) is 2.86. The van der Waals surface area contributed by atoms with Gasteiger partial charge in [0, 0.05) is 5.02 Å². The van der Waals surface area contributed by atoms with Crippen LogP contribution in [0.3, 0.4) is 0 Å². The molecule has 3 aromatic rings. The average molecular weight is 400 g/mol. The molecule has 1 aromatic heterocycles. The lowest BCUT2D eigenvalue weighted by Crippen LogP contribution is -2.30. The van der Waals surface area contributed by atoms with Crippen LogP contribution in [0.4, 0.5) is 8.78 Å². The number of nitriles is 2. The number of hydrogen-bond acceptors (Lipinski definition) is 4. The summed E-state index contributed by atoms with van der Waals surface area (Å²) in [5.74, 6) is -2.04. The molecule has 3 rings (SSSR count). The molecule has 0 aliphatic heterocycles. The summed E-state index contributed by atoms with van der Waals surface area (Å²) in [4.78, 5) is 12.9. The standard InChI is InChI=1S/C19H8ClF2N3OS/c20-13-2-1-3-14(8-13)25-18(26)17(27-19(25)12(9-23)10-24)7-11-4-5-15(21)16(22)6-11/h1-8H/b17-7-. The van der Waals surface area contributed by atoms with Gasteiger partial charge in [-0.3, -0.25) is 9.36 Å². The molecule has 2 aromatic carbocycles. The van der Waals surface area contributed by atoms with Crippen molar-refractivity contribution in [1.29, 1.82) is 10.5 Å². The van der Waals surface area contributed by atoms with Crippen LogP contribution in [0.5, 0.6) is 0 Å². The second kappa shape index (κ2) is 7.55. The summed E-state index contributed by atoms with van der Waals surface area (Å²) in [7, 11) is 0. The zero-order chi connectivity index (χ0) is 19.6. The number of halogens is 3. The smallest absolute Gasteiger partial charge is 0.267 e. The molecule has 4 nitrogen and oxygen atoms in total. The summed E-state index contributed by atoms with van der Waals surface area (Å²) in [5.41, 5.74) is -0.105. The molecule has 1 heterocycles. The second-order valence-corrected chi connectivity index (χ2v) is 6.78. The highest BCUT2D eigenvalue weighted by Gasteiger charge is 2.12. The highest BCUT2D eigenvalue weighted by Crippen LogP contribution is 2.13. The van der Waals surface area contributed by atoms with Crippen molar-refractivity contribution in [3.63, 3.8) is 0 Å². The Labute approximate surface area is 160 Å². The van der Waals surface area contributed by atoms with Gasteiger partial charge in [0.05, 0.1) is 10.2 Å². The van der Waals surface area contributed by atoms with E-state index in [0.717, 1.165) is 23.5 Å². The van der Waals surface area contributed by atoms with Crippen LogP contribution in [0, 0.1) is 34.3 Å². The quantitative estimate of drug-likeness (QED) is 0.665. The molecule has 0 fully saturated rings. The molecule has 0 saturated heterocycles. The van der Waals surface area contributed by atoms with Crippen LogP contribution in [-0.4, -0.2) is 4.57 Å². The Morgan fingerprint density at radius 1 is 1.11 bits per heavy atom. The van der Waals surface area contributed by atoms with Gasteiger partial charge in [0.25, 0.3) is 5.56 Å². The number of aromatic nitrogens is 1. The van der Waals surface area contributed by atoms with Crippen LogP contribution in [-0.2, 0) is 0 Å². The zero-order valence-corrected chi connectivity index (χ0v) is 15.0. The van der Waals surface area contributed by atoms with Gasteiger partial charge in [-0.05, 0) is 42.0 Å². The van der Waals surface area contributed by atoms with E-state index in [0.29, 0.717) is 10.7 Å². The van der Waals surface area contributed by atoms with Crippen molar-refractivity contribution in [2.24, 2.45) is 0 Å². The van der Waals surface area contributed by atoms with E-state index in [1.54, 1.807) is 30.3 Å². The van der Waals surface area contributed by atoms with Crippen LogP contribution in [0.15, 0.2) is 47.3 Å². The molecule has 27 heavy (non-hydrogen) atoms. The van der Waals surface area contributed by atoms with E-state index < -0.39 is 17.2 Å². The third-order valence-electron chi connectivity index (χ3n) is 3.57. The maximum absolute atomic E-state index is 13.4. The summed E-state index contributed by atoms with van der Waals surface area (Å²) in [6, 6.07) is 13.1. The van der Waals surface area contributed by atoms with Crippen LogP contribution < -0.4 is 14.8 Å². The van der Waals surface area contributed by atoms with Gasteiger partial charge >= 0.3 is 0 Å². The second-order valence-electron chi connectivity index (χ2n) is 5.31. The normalized spacial score (nSPS) is 11.1. The number of hydrogen-bond donors (Lipinski definition) is 0. The van der Waals surface area contributed by atoms with Gasteiger partial charge in [-0.1, -0.05) is 23.7 Å². The predicted molar refractivity (Wildman–Crippen MR) is 98.7 cm³/mol. The number of thiazole rings is 1. The van der Waals surface area contributed by atoms with Crippen molar-refractivity contribution >= 4 is 34.6 Å². The summed E-state index contributed by atoms with van der Waals surface area (Å²) in [6.45, 7) is 0. The molecule has 132 valence electrons. The lowest BCUT2D eigenvalue weighted by Gasteiger charge is -2.02. The van der Waals surface area contributed by atoms with Gasteiger partial charge < -0.3 is 0 Å². The van der Waals surface area contributed by atoms with Crippen molar-refractivity contribution in [1.82, 2.24) is 4.57 Å². The topological polar surface area (TPSA) is 69.6 Å². The lowest BCUT2D eigenvalue weighted by molar-refractivity contribution is 0.508. The Morgan fingerprint density at radius 3 is 2.48 bits per heavy atom. The molecule has 0 amide bonds. The third kappa shape index (κ3) is 3.65. The van der Waals surface area contributed by atoms with Crippen molar-refractivity contribution in [3.05, 3.63) is 84.2 Å². The monoisotopic (exact) mass is 399 g/mol. The van der Waals surface area contributed by atoms with Gasteiger partial charge in [0.2, 0.25) is 0 Å². The summed E-state index contributed by atoms with van der Waals surface area (Å²) in [5, 5.41) is 18.8. The highest BCUT2D eigenvalue weighted by molar-refractivity contribution is 7.07. The zero-order valence-electron chi connectivity index (χ0n) is 13.4. The molecule has 0 aliphatic rings. The first-order valence-electron chi connectivity index (χ1n) is 7.43. The van der Waals surface area contributed by atoms with E-state index in [9.17, 15) is 24.1 Å². The third-order valence-corrected chi connectivity index (χ3v) is 4.90. The Kier molecular flexibility index (Phi) is 5.18. The van der Waals surface area contributed by atoms with Gasteiger partial charge in [0.15, 0.2) is 17.2 Å². The first-order valence-corrected chi connectivity index (χ1v) is 8.63. The molecule has 0 N–H and O–H groups in total. The largest absolute Gasteiger partial charge is 0.273 e. The van der Waals surface area contributed by atoms with E-state index in [4.69, 9.17) is 11.6 Å². The maximum atomic E-state index is 13.4. The van der Waals surface area contributed by atoms with E-state index >= 15 is 0 Å². The Bertz CT molecular complexity index is 1300. The first-order chi connectivity index (χ1) is 12.9. The lowest BCUT2D eigenvalue weighted by atomic mass is 10.2. The van der Waals surface area contributed by atoms with Crippen molar-refractivity contribution in [2.75, 3.05) is 0 Å². The summed E-state index contributed by atoms with van der Waals surface area (Å²) in [6.07, 6.45) is 1.37. The van der Waals surface area contributed by atoms with Gasteiger partial charge in [-0.2, -0.15) is 10.5 Å². The Balaban J connectivity index is 2.39. The average Bonchev–Trinajstić information content (AvgIpc) is 2.95. The molecule has 0 radical (unpaired) electrons. The van der Waals surface area contributed by atoms with E-state index in [-0.39, 0.29) is 20.3 Å². The van der Waals surface area contributed by atoms with Crippen LogP contribution in [0.25, 0.3) is 17.3 Å². The summed E-state index contributed by atoms with van der Waals surface area (Å²) < 4.78 is 28.0. The first kappa shape index (κ1) is 18.5. The molecule has 0 atom stereocenters. The minimum absolute atomic E-state index is 0.126. The fourth-order valence-electron chi connectivity index (χ4n) is 2.37. The van der Waals surface area contributed by atoms with Crippen molar-refractivity contribution in [2.45, 2.75) is 0 Å². The van der Waals surface area contributed by atoms with Crippen molar-refractivity contribution < 1.29 is 8.78 Å². The maximum Gasteiger partial charge on any atom is 0.273 e. The summed E-state index contributed by atoms with van der Waals surface area (Å²) >= 11 is 6.88. The molecule has 0 bridgehead atoms. The van der Waals surface area contributed by atoms with Crippen LogP contribution >= 0.6 is 22.9 Å². The fourth-order valence-corrected chi connectivity index (χ4v) is 3.61. The van der Waals surface area contributed by atoms with Gasteiger partial charge in [-0.25, -0.2) is 8.78 Å². The molecule has 0 aliphatic carbocycles. The van der Waals surface area contributed by atoms with Gasteiger partial charge in [-0.15, -0.1) is 11.3 Å². The molecule has 8 heteroatoms. The number of benzene rings is 2. The number of rotatable bonds is 2. The molecule has 0 spiro atoms. The molecular formula is C19H8ClF2N3OS. The van der Waals surface area contributed by atoms with E-state index in [1.165, 1.54) is 22.8 Å². The minimum Gasteiger partial charge on any atom is -0.267 e.